The Kier molecular flexibility index (Phi) is 15.5. The number of aromatic amines is 1. The maximum absolute atomic E-state index is 16.0. The SMILES string of the molecule is Cc1cc(C(CCOCCOc2ccc(-c3cnc4[nH]cc(C(=O)c5c(F)ccc(N(N6CC[C@@H](F)C6)S(=O)[O-])c5F)c4c3)cc2)C(=O)N2C[C@H](O)C[C@H]2C(=O)N[C@@H](C)c2ccc(-c3scnc3C)cc2)on1. The first kappa shape index (κ1) is 51.1. The Morgan fingerprint density at radius 1 is 1.01 bits per heavy atom. The lowest BCUT2D eigenvalue weighted by Gasteiger charge is -2.34. The molecule has 2 saturated heterocycles. The standard InChI is InChI=1S/C51H51F3N8O9S2/c1-28-20-44(71-59-28)38(51(66)61-26-36(63)22-43(61)50(65)58-29(2)31-4-6-33(7-5-31)48-30(3)57-27-72-48)15-17-69-18-19-70-37-10-8-32(9-11-37)34-21-39-40(24-56-49(39)55-23-34)47(64)45-41(53)12-13-42(46(45)54)62(73(67)68)60-16-14-35(52)25-60/h4-13,20-21,23-24,27,29,35-36,38,43,63H,14-19,22,25-26H2,1-3H3,(H,55,56)(H,58,65)(H,67,68)/p-1/t29-,35+,36+,38?,43-/m0/s1. The highest BCUT2D eigenvalue weighted by molar-refractivity contribution is 7.80. The van der Waals surface area contributed by atoms with Gasteiger partial charge in [0.1, 0.15) is 53.4 Å². The molecule has 0 aliphatic carbocycles. The molecular formula is C51H50F3N8O9S2-. The Balaban J connectivity index is 0.796. The number of nitrogens with zero attached hydrogens (tertiary/aromatic N) is 6. The Bertz CT molecular complexity index is 3150. The molecule has 0 spiro atoms. The minimum atomic E-state index is -3.10. The summed E-state index contributed by atoms with van der Waals surface area (Å²) in [5.41, 5.74) is 5.01. The number of nitrogens with one attached hydrogen (secondary N) is 2. The van der Waals surface area contributed by atoms with Gasteiger partial charge in [0.2, 0.25) is 17.6 Å². The van der Waals surface area contributed by atoms with E-state index >= 15 is 8.78 Å². The van der Waals surface area contributed by atoms with E-state index in [9.17, 15) is 32.6 Å². The van der Waals surface area contributed by atoms with Crippen LogP contribution < -0.4 is 14.5 Å². The highest BCUT2D eigenvalue weighted by atomic mass is 32.2. The van der Waals surface area contributed by atoms with Crippen molar-refractivity contribution >= 4 is 56.9 Å². The summed E-state index contributed by atoms with van der Waals surface area (Å²) in [6.45, 7) is 5.62. The number of rotatable bonds is 19. The van der Waals surface area contributed by atoms with Crippen molar-refractivity contribution in [3.05, 3.63) is 136 Å². The number of aliphatic hydroxyl groups excluding tert-OH is 1. The number of alkyl halides is 1. The molecule has 9 rings (SSSR count). The summed E-state index contributed by atoms with van der Waals surface area (Å²) >= 11 is -1.54. The first-order chi connectivity index (χ1) is 35.1. The first-order valence-electron chi connectivity index (χ1n) is 23.5. The third-order valence-electron chi connectivity index (χ3n) is 13.0. The van der Waals surface area contributed by atoms with E-state index in [-0.39, 0.29) is 87.3 Å². The highest BCUT2D eigenvalue weighted by Crippen LogP contribution is 2.35. The lowest BCUT2D eigenvalue weighted by atomic mass is 9.99. The Morgan fingerprint density at radius 2 is 1.78 bits per heavy atom. The van der Waals surface area contributed by atoms with Crippen molar-refractivity contribution in [2.75, 3.05) is 43.9 Å². The number of amides is 2. The van der Waals surface area contributed by atoms with E-state index in [1.807, 2.05) is 38.1 Å². The number of anilines is 1. The van der Waals surface area contributed by atoms with Crippen LogP contribution >= 0.6 is 11.3 Å². The molecule has 4 aromatic heterocycles. The number of fused-ring (bicyclic) bond motifs is 1. The number of hydrazine groups is 1. The van der Waals surface area contributed by atoms with Gasteiger partial charge in [-0.2, -0.15) is 0 Å². The van der Waals surface area contributed by atoms with Crippen molar-refractivity contribution in [3.8, 4) is 27.3 Å². The molecule has 17 nitrogen and oxygen atoms in total. The van der Waals surface area contributed by atoms with E-state index < -0.39 is 70.1 Å². The van der Waals surface area contributed by atoms with Gasteiger partial charge in [0.05, 0.1) is 63.9 Å². The number of aryl methyl sites for hydroxylation is 2. The zero-order valence-electron chi connectivity index (χ0n) is 39.8. The molecule has 22 heteroatoms. The van der Waals surface area contributed by atoms with E-state index in [4.69, 9.17) is 14.0 Å². The van der Waals surface area contributed by atoms with Crippen molar-refractivity contribution < 1.29 is 55.4 Å². The number of H-pyrrole nitrogens is 1. The number of hydrogen-bond acceptors (Lipinski definition) is 14. The number of pyridine rings is 1. The lowest BCUT2D eigenvalue weighted by Crippen LogP contribution is -2.48. The number of β-amino-alcohol motifs (C(OH)–C–C–N with tert-alkyl or cyclic N) is 1. The monoisotopic (exact) mass is 1040 g/mol. The third-order valence-corrected chi connectivity index (χ3v) is 14.6. The van der Waals surface area contributed by atoms with Crippen LogP contribution in [0.3, 0.4) is 0 Å². The van der Waals surface area contributed by atoms with Gasteiger partial charge in [0.25, 0.3) is 0 Å². The molecule has 382 valence electrons. The van der Waals surface area contributed by atoms with E-state index in [1.165, 1.54) is 11.1 Å². The summed E-state index contributed by atoms with van der Waals surface area (Å²) in [5, 5.41) is 19.1. The van der Waals surface area contributed by atoms with Crippen LogP contribution in [-0.4, -0.2) is 119 Å². The van der Waals surface area contributed by atoms with Crippen molar-refractivity contribution in [3.63, 3.8) is 0 Å². The van der Waals surface area contributed by atoms with Crippen LogP contribution in [0.15, 0.2) is 95.2 Å². The number of ketones is 1. The predicted molar refractivity (Wildman–Crippen MR) is 264 cm³/mol. The van der Waals surface area contributed by atoms with Gasteiger partial charge in [-0.25, -0.2) is 32.6 Å². The zero-order chi connectivity index (χ0) is 51.5. The summed E-state index contributed by atoms with van der Waals surface area (Å²) < 4.78 is 87.5. The summed E-state index contributed by atoms with van der Waals surface area (Å²) in [7, 11) is 0. The van der Waals surface area contributed by atoms with Crippen molar-refractivity contribution in [1.82, 2.24) is 35.3 Å². The number of ether oxygens (including phenoxy) is 2. The fraction of sp³-hybridized carbons (Fsp3) is 0.333. The number of aliphatic hydroxyl groups is 1. The van der Waals surface area contributed by atoms with Gasteiger partial charge < -0.3 is 38.9 Å². The number of carbonyl (C=O) groups excluding carboxylic acids is 3. The van der Waals surface area contributed by atoms with Gasteiger partial charge in [0.15, 0.2) is 5.82 Å². The Morgan fingerprint density at radius 3 is 2.47 bits per heavy atom. The fourth-order valence-corrected chi connectivity index (χ4v) is 10.6. The maximum atomic E-state index is 16.0. The number of carbonyl (C=O) groups is 3. The first-order valence-corrected chi connectivity index (χ1v) is 25.4. The molecule has 7 aromatic rings. The van der Waals surface area contributed by atoms with Gasteiger partial charge in [-0.15, -0.1) is 11.3 Å². The van der Waals surface area contributed by atoms with Gasteiger partial charge in [-0.05, 0) is 80.6 Å². The van der Waals surface area contributed by atoms with Crippen molar-refractivity contribution in [1.29, 1.82) is 0 Å². The normalized spacial score (nSPS) is 18.2. The van der Waals surface area contributed by atoms with Gasteiger partial charge in [-0.1, -0.05) is 41.6 Å². The topological polar surface area (TPSA) is 219 Å². The molecule has 3 N–H and O–H groups in total. The van der Waals surface area contributed by atoms with E-state index in [0.717, 1.165) is 38.8 Å². The van der Waals surface area contributed by atoms with Crippen LogP contribution in [0.5, 0.6) is 5.75 Å². The number of likely N-dealkylation sites (tertiary alicyclic amines) is 1. The molecule has 0 bridgehead atoms. The third kappa shape index (κ3) is 11.1. The Hall–Kier alpha value is -6.82. The van der Waals surface area contributed by atoms with Crippen LogP contribution in [0, 0.1) is 25.5 Å². The molecule has 6 atom stereocenters. The largest absolute Gasteiger partial charge is 0.754 e. The minimum Gasteiger partial charge on any atom is -0.754 e. The van der Waals surface area contributed by atoms with Crippen molar-refractivity contribution in [2.45, 2.75) is 70.3 Å². The number of thiazole rings is 1. The molecular weight excluding hydrogens is 990 g/mol. The van der Waals surface area contributed by atoms with Crippen LogP contribution in [0.25, 0.3) is 32.6 Å². The predicted octanol–water partition coefficient (Wildman–Crippen LogP) is 7.44. The van der Waals surface area contributed by atoms with E-state index in [1.54, 1.807) is 66.4 Å². The number of hydrogen-bond donors (Lipinski definition) is 3. The number of aromatic nitrogens is 4. The second-order valence-corrected chi connectivity index (χ2v) is 19.5. The molecule has 6 heterocycles. The molecule has 73 heavy (non-hydrogen) atoms. The van der Waals surface area contributed by atoms with Gasteiger partial charge in [0, 0.05) is 61.1 Å². The van der Waals surface area contributed by atoms with Crippen LogP contribution in [0.2, 0.25) is 0 Å². The van der Waals surface area contributed by atoms with Crippen LogP contribution in [-0.2, 0) is 25.6 Å². The summed E-state index contributed by atoms with van der Waals surface area (Å²) in [5.74, 6) is -4.49. The second-order valence-electron chi connectivity index (χ2n) is 17.9. The maximum Gasteiger partial charge on any atom is 0.243 e. The summed E-state index contributed by atoms with van der Waals surface area (Å²) in [6, 6.07) is 18.5. The molecule has 0 saturated carbocycles. The van der Waals surface area contributed by atoms with Gasteiger partial charge in [-0.3, -0.25) is 18.6 Å². The molecule has 2 fully saturated rings. The molecule has 2 amide bonds. The fourth-order valence-electron chi connectivity index (χ4n) is 9.17. The average Bonchev–Trinajstić information content (AvgIpc) is 4.25. The summed E-state index contributed by atoms with van der Waals surface area (Å²) in [6.07, 6.45) is 0.865. The number of benzene rings is 3. The smallest absolute Gasteiger partial charge is 0.243 e. The highest BCUT2D eigenvalue weighted by Gasteiger charge is 2.43. The lowest BCUT2D eigenvalue weighted by molar-refractivity contribution is -0.140. The van der Waals surface area contributed by atoms with E-state index in [2.05, 4.69) is 25.4 Å². The molecule has 0 radical (unpaired) electrons. The van der Waals surface area contributed by atoms with Crippen LogP contribution in [0.1, 0.15) is 76.8 Å². The summed E-state index contributed by atoms with van der Waals surface area (Å²) in [4.78, 5) is 55.9. The number of halogens is 3. The molecule has 2 unspecified atom stereocenters. The average molecular weight is 1040 g/mol. The molecule has 3 aromatic carbocycles. The quantitative estimate of drug-likeness (QED) is 0.0408. The van der Waals surface area contributed by atoms with E-state index in [0.29, 0.717) is 32.7 Å². The molecule has 2 aliphatic rings. The van der Waals surface area contributed by atoms with Crippen molar-refractivity contribution in [2.24, 2.45) is 0 Å². The van der Waals surface area contributed by atoms with Crippen LogP contribution in [0.4, 0.5) is 18.9 Å². The molecule has 2 aliphatic heterocycles. The second kappa shape index (κ2) is 22.1. The Labute approximate surface area is 423 Å². The zero-order valence-corrected chi connectivity index (χ0v) is 41.4. The minimum absolute atomic E-state index is 0.0173. The van der Waals surface area contributed by atoms with Gasteiger partial charge >= 0.3 is 0 Å².